The van der Waals surface area contributed by atoms with E-state index in [2.05, 4.69) is 27.7 Å². The van der Waals surface area contributed by atoms with Crippen molar-refractivity contribution in [3.8, 4) is 0 Å². The minimum Gasteiger partial charge on any atom is -0.790 e. The van der Waals surface area contributed by atoms with Gasteiger partial charge in [0.25, 0.3) is 0 Å². The summed E-state index contributed by atoms with van der Waals surface area (Å²) in [6.45, 7) is 15.0. The van der Waals surface area contributed by atoms with Crippen molar-refractivity contribution in [3.63, 3.8) is 0 Å². The average Bonchev–Trinajstić information content (AvgIpc) is 2.44. The molecule has 0 radical (unpaired) electrons. The van der Waals surface area contributed by atoms with Crippen molar-refractivity contribution in [2.45, 2.75) is 79.1 Å². The summed E-state index contributed by atoms with van der Waals surface area (Å²) < 4.78 is 10.1. The zero-order valence-corrected chi connectivity index (χ0v) is 16.9. The van der Waals surface area contributed by atoms with E-state index in [1.54, 1.807) is 0 Å². The normalized spacial score (nSPS) is 11.4. The van der Waals surface area contributed by atoms with Crippen LogP contribution in [0.1, 0.15) is 79.1 Å². The highest BCUT2D eigenvalue weighted by Gasteiger charge is 2.24. The first-order valence-electron chi connectivity index (χ1n) is 8.84. The fraction of sp³-hybridized carbons (Fsp3) is 1.00. The van der Waals surface area contributed by atoms with Crippen molar-refractivity contribution in [2.24, 2.45) is 0 Å². The van der Waals surface area contributed by atoms with Crippen LogP contribution in [0.4, 0.5) is 0 Å². The molecule has 144 valence electrons. The minimum absolute atomic E-state index is 0. The largest absolute Gasteiger partial charge is 0.790 e. The molecule has 0 unspecified atom stereocenters. The molecule has 0 rings (SSSR count). The Balaban J connectivity index is -0.000000578. The van der Waals surface area contributed by atoms with Gasteiger partial charge in [-0.25, -0.2) is 0 Å². The van der Waals surface area contributed by atoms with Crippen molar-refractivity contribution in [3.05, 3.63) is 0 Å². The minimum atomic E-state index is -5.14. The van der Waals surface area contributed by atoms with Gasteiger partial charge in [-0.3, -0.25) is 0 Å². The second kappa shape index (κ2) is 16.9. The van der Waals surface area contributed by atoms with Gasteiger partial charge in [-0.2, -0.15) is 0 Å². The van der Waals surface area contributed by atoms with Crippen LogP contribution in [-0.4, -0.2) is 35.6 Å². The summed E-state index contributed by atoms with van der Waals surface area (Å²) in [5.74, 6) is 0. The SMILES string of the molecule is CCCC[N+](CCCC)(CCCC)CCCC.O=P([O-])([O-])O.[NH4+]. The predicted octanol–water partition coefficient (Wildman–Crippen LogP) is 3.19. The molecular formula is C16H41N2O4P. The number of rotatable bonds is 12. The number of phosphoric acid groups is 1. The topological polar surface area (TPSA) is 120 Å². The molecule has 0 aromatic heterocycles. The zero-order valence-electron chi connectivity index (χ0n) is 16.1. The first-order chi connectivity index (χ1) is 10.2. The second-order valence-corrected chi connectivity index (χ2v) is 7.06. The Labute approximate surface area is 143 Å². The molecule has 0 saturated heterocycles. The summed E-state index contributed by atoms with van der Waals surface area (Å²) in [5, 5.41) is 0. The van der Waals surface area contributed by atoms with Gasteiger partial charge in [-0.15, -0.1) is 0 Å². The third-order valence-electron chi connectivity index (χ3n) is 3.94. The number of hydrogen-bond acceptors (Lipinski definition) is 3. The van der Waals surface area contributed by atoms with Gasteiger partial charge in [0.2, 0.25) is 0 Å². The summed E-state index contributed by atoms with van der Waals surface area (Å²) in [5.41, 5.74) is 0. The van der Waals surface area contributed by atoms with E-state index >= 15 is 0 Å². The van der Waals surface area contributed by atoms with E-state index in [9.17, 15) is 0 Å². The van der Waals surface area contributed by atoms with Gasteiger partial charge in [-0.05, 0) is 25.7 Å². The number of unbranched alkanes of at least 4 members (excludes halogenated alkanes) is 4. The lowest BCUT2D eigenvalue weighted by molar-refractivity contribution is -0.929. The van der Waals surface area contributed by atoms with Crippen LogP contribution in [0.2, 0.25) is 0 Å². The van der Waals surface area contributed by atoms with Gasteiger partial charge in [0, 0.05) is 0 Å². The first-order valence-corrected chi connectivity index (χ1v) is 10.3. The van der Waals surface area contributed by atoms with Gasteiger partial charge < -0.3 is 29.9 Å². The van der Waals surface area contributed by atoms with E-state index in [0.717, 1.165) is 0 Å². The molecule has 6 nitrogen and oxygen atoms in total. The van der Waals surface area contributed by atoms with Crippen LogP contribution in [-0.2, 0) is 4.57 Å². The maximum Gasteiger partial charge on any atom is 0.0786 e. The molecule has 0 fully saturated rings. The second-order valence-electron chi connectivity index (χ2n) is 6.12. The lowest BCUT2D eigenvalue weighted by Crippen LogP contribution is -2.50. The van der Waals surface area contributed by atoms with Crippen molar-refractivity contribution in [1.29, 1.82) is 0 Å². The van der Waals surface area contributed by atoms with Crippen molar-refractivity contribution in [1.82, 2.24) is 6.15 Å². The molecule has 5 N–H and O–H groups in total. The highest BCUT2D eigenvalue weighted by molar-refractivity contribution is 7.42. The summed E-state index contributed by atoms with van der Waals surface area (Å²) in [6.07, 6.45) is 11.1. The van der Waals surface area contributed by atoms with E-state index in [0.29, 0.717) is 0 Å². The average molecular weight is 356 g/mol. The highest BCUT2D eigenvalue weighted by Crippen LogP contribution is 2.16. The number of nitrogens with zero attached hydrogens (tertiary/aromatic N) is 1. The van der Waals surface area contributed by atoms with Crippen LogP contribution >= 0.6 is 7.82 Å². The fourth-order valence-electron chi connectivity index (χ4n) is 2.64. The van der Waals surface area contributed by atoms with Gasteiger partial charge in [0.1, 0.15) is 0 Å². The Morgan fingerprint density at radius 3 is 1.04 bits per heavy atom. The quantitative estimate of drug-likeness (QED) is 0.412. The maximum absolute atomic E-state index is 8.66. The summed E-state index contributed by atoms with van der Waals surface area (Å²) >= 11 is 0. The zero-order chi connectivity index (χ0) is 17.5. The lowest BCUT2D eigenvalue weighted by Gasteiger charge is -2.39. The molecule has 0 aromatic carbocycles. The molecule has 0 aliphatic heterocycles. The summed E-state index contributed by atoms with van der Waals surface area (Å²) in [4.78, 5) is 24.3. The Morgan fingerprint density at radius 2 is 0.913 bits per heavy atom. The fourth-order valence-corrected chi connectivity index (χ4v) is 2.64. The molecule has 0 aliphatic rings. The highest BCUT2D eigenvalue weighted by atomic mass is 31.2. The maximum atomic E-state index is 8.66. The van der Waals surface area contributed by atoms with E-state index in [-0.39, 0.29) is 6.15 Å². The Kier molecular flexibility index (Phi) is 20.4. The van der Waals surface area contributed by atoms with Crippen LogP contribution in [0.15, 0.2) is 0 Å². The molecular weight excluding hydrogens is 315 g/mol. The van der Waals surface area contributed by atoms with Crippen LogP contribution in [0.3, 0.4) is 0 Å². The van der Waals surface area contributed by atoms with E-state index < -0.39 is 7.82 Å². The molecule has 7 heteroatoms. The van der Waals surface area contributed by atoms with E-state index in [4.69, 9.17) is 19.2 Å². The Morgan fingerprint density at radius 1 is 0.739 bits per heavy atom. The van der Waals surface area contributed by atoms with Gasteiger partial charge in [-0.1, -0.05) is 53.4 Å². The number of quaternary nitrogens is 2. The molecule has 0 heterocycles. The Hall–Kier alpha value is 0.0300. The van der Waals surface area contributed by atoms with Crippen molar-refractivity contribution < 1.29 is 23.7 Å². The van der Waals surface area contributed by atoms with Crippen LogP contribution < -0.4 is 15.9 Å². The third-order valence-corrected chi connectivity index (χ3v) is 3.94. The first kappa shape index (κ1) is 27.9. The van der Waals surface area contributed by atoms with Crippen molar-refractivity contribution in [2.75, 3.05) is 26.2 Å². The smallest absolute Gasteiger partial charge is 0.0786 e. The molecule has 0 atom stereocenters. The third kappa shape index (κ3) is 22.0. The molecule has 0 aliphatic carbocycles. The van der Waals surface area contributed by atoms with Gasteiger partial charge in [0.05, 0.1) is 34.0 Å². The van der Waals surface area contributed by atoms with Crippen molar-refractivity contribution >= 4 is 7.82 Å². The van der Waals surface area contributed by atoms with Gasteiger partial charge >= 0.3 is 0 Å². The van der Waals surface area contributed by atoms with Crippen LogP contribution in [0.5, 0.6) is 0 Å². The van der Waals surface area contributed by atoms with Crippen LogP contribution in [0.25, 0.3) is 0 Å². The molecule has 0 amide bonds. The summed E-state index contributed by atoms with van der Waals surface area (Å²) in [7, 11) is -5.14. The summed E-state index contributed by atoms with van der Waals surface area (Å²) in [6, 6.07) is 0. The van der Waals surface area contributed by atoms with Gasteiger partial charge in [0.15, 0.2) is 0 Å². The molecule has 23 heavy (non-hydrogen) atoms. The monoisotopic (exact) mass is 356 g/mol. The van der Waals surface area contributed by atoms with E-state index in [1.165, 1.54) is 82.0 Å². The Bertz CT molecular complexity index is 239. The molecule has 0 spiro atoms. The molecule has 0 saturated carbocycles. The predicted molar refractivity (Wildman–Crippen MR) is 95.2 cm³/mol. The number of hydrogen-bond donors (Lipinski definition) is 2. The molecule has 0 aromatic rings. The van der Waals surface area contributed by atoms with E-state index in [1.807, 2.05) is 0 Å². The lowest BCUT2D eigenvalue weighted by atomic mass is 10.1. The van der Waals surface area contributed by atoms with Crippen LogP contribution in [0, 0.1) is 0 Å². The standard InChI is InChI=1S/C16H36N.H3N.H3O4P/c1-5-9-13-17(14-10-6-2,15-11-7-3)16-12-8-4;;1-5(2,3)4/h5-16H2,1-4H3;1H3;(H3,1,2,3,4)/q+1;;/p-1. The molecule has 0 bridgehead atoms.